The van der Waals surface area contributed by atoms with Gasteiger partial charge in [-0.15, -0.1) is 0 Å². The van der Waals surface area contributed by atoms with E-state index in [0.717, 1.165) is 31.3 Å². The largest absolute Gasteiger partial charge is 0.392 e. The molecule has 0 saturated heterocycles. The molecule has 2 N–H and O–H groups in total. The Morgan fingerprint density at radius 3 is 2.86 bits per heavy atom. The Morgan fingerprint density at radius 2 is 2.21 bits per heavy atom. The third-order valence-corrected chi connectivity index (χ3v) is 3.33. The molecule has 0 aromatic heterocycles. The fourth-order valence-corrected chi connectivity index (χ4v) is 2.34. The van der Waals surface area contributed by atoms with E-state index in [1.165, 1.54) is 25.7 Å². The topological polar surface area (TPSA) is 32.3 Å². The van der Waals surface area contributed by atoms with Crippen molar-refractivity contribution < 1.29 is 5.11 Å². The lowest BCUT2D eigenvalue weighted by Crippen LogP contribution is -2.32. The summed E-state index contributed by atoms with van der Waals surface area (Å²) in [4.78, 5) is 0. The number of nitrogens with one attached hydrogen (secondary N) is 1. The van der Waals surface area contributed by atoms with Gasteiger partial charge in [-0.2, -0.15) is 0 Å². The summed E-state index contributed by atoms with van der Waals surface area (Å²) >= 11 is 0. The van der Waals surface area contributed by atoms with Gasteiger partial charge in [-0.1, -0.05) is 26.7 Å². The van der Waals surface area contributed by atoms with Crippen LogP contribution >= 0.6 is 0 Å². The van der Waals surface area contributed by atoms with Gasteiger partial charge in [-0.3, -0.25) is 0 Å². The van der Waals surface area contributed by atoms with E-state index >= 15 is 0 Å². The van der Waals surface area contributed by atoms with E-state index in [-0.39, 0.29) is 6.10 Å². The van der Waals surface area contributed by atoms with Gasteiger partial charge in [0.25, 0.3) is 0 Å². The first kappa shape index (κ1) is 12.0. The fourth-order valence-electron chi connectivity index (χ4n) is 2.34. The van der Waals surface area contributed by atoms with Crippen molar-refractivity contribution in [2.75, 3.05) is 13.1 Å². The third-order valence-electron chi connectivity index (χ3n) is 3.33. The molecule has 0 amide bonds. The normalized spacial score (nSPS) is 30.2. The fraction of sp³-hybridized carbons (Fsp3) is 1.00. The van der Waals surface area contributed by atoms with Crippen LogP contribution in [-0.2, 0) is 0 Å². The van der Waals surface area contributed by atoms with Crippen molar-refractivity contribution in [1.29, 1.82) is 0 Å². The first-order valence-corrected chi connectivity index (χ1v) is 6.11. The molecule has 0 aliphatic heterocycles. The third kappa shape index (κ3) is 4.43. The highest BCUT2D eigenvalue weighted by molar-refractivity contribution is 4.72. The van der Waals surface area contributed by atoms with Crippen LogP contribution in [0.2, 0.25) is 0 Å². The van der Waals surface area contributed by atoms with E-state index in [9.17, 15) is 5.11 Å². The van der Waals surface area contributed by atoms with Gasteiger partial charge in [0.05, 0.1) is 6.10 Å². The second kappa shape index (κ2) is 6.41. The predicted octanol–water partition coefficient (Wildman–Crippen LogP) is 2.17. The Hall–Kier alpha value is -0.0800. The Morgan fingerprint density at radius 1 is 1.43 bits per heavy atom. The first-order valence-electron chi connectivity index (χ1n) is 6.11. The molecule has 2 heteroatoms. The molecule has 0 radical (unpaired) electrons. The molecule has 84 valence electrons. The smallest absolute Gasteiger partial charge is 0.0662 e. The molecule has 1 aliphatic carbocycles. The average molecular weight is 199 g/mol. The molecule has 0 bridgehead atoms. The number of hydrogen-bond acceptors (Lipinski definition) is 2. The molecule has 1 saturated carbocycles. The molecule has 1 rings (SSSR count). The van der Waals surface area contributed by atoms with Crippen LogP contribution < -0.4 is 5.32 Å². The summed E-state index contributed by atoms with van der Waals surface area (Å²) in [6.45, 7) is 6.24. The number of rotatable bonds is 5. The summed E-state index contributed by atoms with van der Waals surface area (Å²) in [7, 11) is 0. The summed E-state index contributed by atoms with van der Waals surface area (Å²) in [6.07, 6.45) is 6.25. The monoisotopic (exact) mass is 199 g/mol. The number of hydrogen-bond donors (Lipinski definition) is 2. The molecular formula is C12H25NO. The number of aliphatic hydroxyl groups is 1. The summed E-state index contributed by atoms with van der Waals surface area (Å²) in [5.74, 6) is 1.76. The molecular weight excluding hydrogens is 174 g/mol. The van der Waals surface area contributed by atoms with Gasteiger partial charge < -0.3 is 10.4 Å². The molecule has 0 heterocycles. The maximum Gasteiger partial charge on any atom is 0.0662 e. The van der Waals surface area contributed by atoms with Crippen molar-refractivity contribution in [1.82, 2.24) is 5.32 Å². The van der Waals surface area contributed by atoms with Crippen molar-refractivity contribution in [2.45, 2.75) is 52.1 Å². The molecule has 0 aromatic carbocycles. The maximum atomic E-state index is 9.38. The van der Waals surface area contributed by atoms with Gasteiger partial charge >= 0.3 is 0 Å². The lowest BCUT2D eigenvalue weighted by atomic mass is 9.82. The van der Waals surface area contributed by atoms with Gasteiger partial charge in [0.1, 0.15) is 0 Å². The van der Waals surface area contributed by atoms with Gasteiger partial charge in [0.15, 0.2) is 0 Å². The van der Waals surface area contributed by atoms with Gasteiger partial charge in [0, 0.05) is 6.54 Å². The van der Waals surface area contributed by atoms with E-state index in [2.05, 4.69) is 12.2 Å². The van der Waals surface area contributed by atoms with Crippen molar-refractivity contribution in [3.8, 4) is 0 Å². The number of aliphatic hydroxyl groups excluding tert-OH is 1. The van der Waals surface area contributed by atoms with Crippen molar-refractivity contribution in [3.63, 3.8) is 0 Å². The second-order valence-electron chi connectivity index (χ2n) is 4.86. The molecule has 14 heavy (non-hydrogen) atoms. The van der Waals surface area contributed by atoms with Gasteiger partial charge in [0.2, 0.25) is 0 Å². The highest BCUT2D eigenvalue weighted by Crippen LogP contribution is 2.27. The zero-order valence-corrected chi connectivity index (χ0v) is 9.63. The molecule has 1 fully saturated rings. The Bertz CT molecular complexity index is 149. The van der Waals surface area contributed by atoms with Crippen molar-refractivity contribution >= 4 is 0 Å². The Labute approximate surface area is 88.1 Å². The molecule has 3 unspecified atom stereocenters. The summed E-state index contributed by atoms with van der Waals surface area (Å²) in [5.41, 5.74) is 0. The van der Waals surface area contributed by atoms with Crippen LogP contribution in [0, 0.1) is 11.8 Å². The average Bonchev–Trinajstić information content (AvgIpc) is 2.17. The molecule has 0 spiro atoms. The van der Waals surface area contributed by atoms with Crippen molar-refractivity contribution in [3.05, 3.63) is 0 Å². The summed E-state index contributed by atoms with van der Waals surface area (Å²) in [5, 5.41) is 12.8. The van der Waals surface area contributed by atoms with Crippen LogP contribution in [0.1, 0.15) is 46.0 Å². The molecule has 3 atom stereocenters. The van der Waals surface area contributed by atoms with Crippen molar-refractivity contribution in [2.24, 2.45) is 11.8 Å². The Kier molecular flexibility index (Phi) is 5.49. The van der Waals surface area contributed by atoms with E-state index in [1.807, 2.05) is 6.92 Å². The van der Waals surface area contributed by atoms with Gasteiger partial charge in [-0.05, 0) is 37.6 Å². The van der Waals surface area contributed by atoms with Crippen LogP contribution in [0.5, 0.6) is 0 Å². The van der Waals surface area contributed by atoms with E-state index in [4.69, 9.17) is 0 Å². The molecule has 0 aromatic rings. The van der Waals surface area contributed by atoms with Crippen LogP contribution in [0.15, 0.2) is 0 Å². The van der Waals surface area contributed by atoms with Crippen LogP contribution in [-0.4, -0.2) is 24.3 Å². The summed E-state index contributed by atoms with van der Waals surface area (Å²) < 4.78 is 0. The van der Waals surface area contributed by atoms with Crippen LogP contribution in [0.4, 0.5) is 0 Å². The molecule has 2 nitrogen and oxygen atoms in total. The molecule has 1 aliphatic rings. The van der Waals surface area contributed by atoms with Crippen LogP contribution in [0.3, 0.4) is 0 Å². The second-order valence-corrected chi connectivity index (χ2v) is 4.86. The predicted molar refractivity (Wildman–Crippen MR) is 60.3 cm³/mol. The first-order chi connectivity index (χ1) is 6.72. The van der Waals surface area contributed by atoms with Crippen LogP contribution in [0.25, 0.3) is 0 Å². The van der Waals surface area contributed by atoms with Gasteiger partial charge in [-0.25, -0.2) is 0 Å². The standard InChI is InChI=1S/C12H25NO/c1-3-12(14)9-13-8-11-6-4-5-10(2)7-11/h10-14H,3-9H2,1-2H3. The minimum atomic E-state index is -0.156. The van der Waals surface area contributed by atoms with E-state index in [0.29, 0.717) is 0 Å². The zero-order valence-electron chi connectivity index (χ0n) is 9.63. The maximum absolute atomic E-state index is 9.38. The van der Waals surface area contributed by atoms with E-state index in [1.54, 1.807) is 0 Å². The highest BCUT2D eigenvalue weighted by atomic mass is 16.3. The SMILES string of the molecule is CCC(O)CNCC1CCCC(C)C1. The quantitative estimate of drug-likeness (QED) is 0.711. The minimum absolute atomic E-state index is 0.156. The summed E-state index contributed by atoms with van der Waals surface area (Å²) in [6, 6.07) is 0. The minimum Gasteiger partial charge on any atom is -0.392 e. The highest BCUT2D eigenvalue weighted by Gasteiger charge is 2.18. The lowest BCUT2D eigenvalue weighted by molar-refractivity contribution is 0.162. The Balaban J connectivity index is 2.05. The lowest BCUT2D eigenvalue weighted by Gasteiger charge is -2.27. The zero-order chi connectivity index (χ0) is 10.4. The van der Waals surface area contributed by atoms with E-state index < -0.39 is 0 Å².